The highest BCUT2D eigenvalue weighted by molar-refractivity contribution is 6.15. The first-order valence-electron chi connectivity index (χ1n) is 24.1. The van der Waals surface area contributed by atoms with Gasteiger partial charge in [0.05, 0.1) is 0 Å². The SMILES string of the molecule is CCN(C)c1ccc(-c2c(-c3ccc(N(C)CC)cc3)c(-c3ccc(N(C)CC)cc3)c(-c3ccc(N(C)CC)cc3)c(-c3ccc(N(C)CC)cc3)c2-c2ccc(N(C)CC)cc2)cc1. The molecule has 6 nitrogen and oxygen atoms in total. The summed E-state index contributed by atoms with van der Waals surface area (Å²) in [5, 5.41) is 0. The van der Waals surface area contributed by atoms with Gasteiger partial charge in [-0.1, -0.05) is 72.8 Å². The Morgan fingerprint density at radius 2 is 0.303 bits per heavy atom. The van der Waals surface area contributed by atoms with Gasteiger partial charge < -0.3 is 29.4 Å². The molecule has 0 aliphatic carbocycles. The summed E-state index contributed by atoms with van der Waals surface area (Å²) in [6.45, 7) is 18.8. The lowest BCUT2D eigenvalue weighted by atomic mass is 9.74. The summed E-state index contributed by atoms with van der Waals surface area (Å²) in [5.41, 5.74) is 21.6. The van der Waals surface area contributed by atoms with E-state index in [4.69, 9.17) is 0 Å². The third kappa shape index (κ3) is 9.65. The third-order valence-electron chi connectivity index (χ3n) is 13.9. The molecule has 0 aliphatic heterocycles. The molecule has 0 unspecified atom stereocenters. The van der Waals surface area contributed by atoms with E-state index in [9.17, 15) is 0 Å². The average molecular weight is 877 g/mol. The first-order chi connectivity index (χ1) is 32.0. The summed E-state index contributed by atoms with van der Waals surface area (Å²) >= 11 is 0. The van der Waals surface area contributed by atoms with Crippen LogP contribution in [0.5, 0.6) is 0 Å². The monoisotopic (exact) mass is 877 g/mol. The lowest BCUT2D eigenvalue weighted by Gasteiger charge is -2.30. The van der Waals surface area contributed by atoms with Gasteiger partial charge in [-0.05, 0) is 181 Å². The van der Waals surface area contributed by atoms with Gasteiger partial charge in [0.1, 0.15) is 0 Å². The Bertz CT molecular complexity index is 2150. The molecular formula is C60H72N6. The third-order valence-corrected chi connectivity index (χ3v) is 13.9. The van der Waals surface area contributed by atoms with E-state index in [0.717, 1.165) is 39.3 Å². The van der Waals surface area contributed by atoms with Crippen LogP contribution in [0, 0.1) is 0 Å². The maximum Gasteiger partial charge on any atom is 0.0363 e. The fraction of sp³-hybridized carbons (Fsp3) is 0.300. The molecule has 0 atom stereocenters. The van der Waals surface area contributed by atoms with E-state index in [1.807, 2.05) is 0 Å². The van der Waals surface area contributed by atoms with Crippen molar-refractivity contribution in [2.24, 2.45) is 0 Å². The normalized spacial score (nSPS) is 11.1. The molecule has 0 saturated heterocycles. The van der Waals surface area contributed by atoms with Gasteiger partial charge in [-0.3, -0.25) is 0 Å². The molecule has 0 radical (unpaired) electrons. The van der Waals surface area contributed by atoms with Crippen LogP contribution in [0.3, 0.4) is 0 Å². The van der Waals surface area contributed by atoms with E-state index in [1.54, 1.807) is 0 Å². The molecule has 0 aliphatic rings. The second kappa shape index (κ2) is 21.1. The summed E-state index contributed by atoms with van der Waals surface area (Å²) in [6, 6.07) is 55.8. The van der Waals surface area contributed by atoms with Gasteiger partial charge in [-0.15, -0.1) is 0 Å². The minimum atomic E-state index is 0.926. The lowest BCUT2D eigenvalue weighted by Crippen LogP contribution is -2.15. The molecule has 0 saturated carbocycles. The number of hydrogen-bond acceptors (Lipinski definition) is 6. The van der Waals surface area contributed by atoms with Crippen molar-refractivity contribution < 1.29 is 0 Å². The summed E-state index contributed by atoms with van der Waals surface area (Å²) < 4.78 is 0. The first-order valence-corrected chi connectivity index (χ1v) is 24.1. The molecule has 0 spiro atoms. The van der Waals surface area contributed by atoms with Crippen LogP contribution in [0.1, 0.15) is 41.5 Å². The predicted octanol–water partition coefficient (Wildman–Crippen LogP) is 14.4. The Labute approximate surface area is 397 Å². The van der Waals surface area contributed by atoms with Crippen molar-refractivity contribution in [1.29, 1.82) is 0 Å². The average Bonchev–Trinajstić information content (AvgIpc) is 3.38. The van der Waals surface area contributed by atoms with Crippen molar-refractivity contribution in [2.45, 2.75) is 41.5 Å². The Morgan fingerprint density at radius 1 is 0.197 bits per heavy atom. The highest BCUT2D eigenvalue weighted by atomic mass is 15.1. The number of benzene rings is 7. The molecule has 0 heterocycles. The van der Waals surface area contributed by atoms with Crippen LogP contribution >= 0.6 is 0 Å². The van der Waals surface area contributed by atoms with E-state index >= 15 is 0 Å². The maximum atomic E-state index is 2.35. The van der Waals surface area contributed by atoms with Gasteiger partial charge in [-0.25, -0.2) is 0 Å². The second-order valence-corrected chi connectivity index (χ2v) is 17.6. The molecule has 7 rings (SSSR count). The molecule has 342 valence electrons. The van der Waals surface area contributed by atoms with E-state index in [1.165, 1.54) is 101 Å². The quantitative estimate of drug-likeness (QED) is 0.0849. The Kier molecular flexibility index (Phi) is 15.1. The number of hydrogen-bond donors (Lipinski definition) is 0. The highest BCUT2D eigenvalue weighted by Crippen LogP contribution is 2.56. The fourth-order valence-corrected chi connectivity index (χ4v) is 8.87. The first kappa shape index (κ1) is 47.3. The van der Waals surface area contributed by atoms with E-state index in [2.05, 4.69) is 259 Å². The number of nitrogens with zero attached hydrogens (tertiary/aromatic N) is 6. The molecule has 0 N–H and O–H groups in total. The zero-order valence-electron chi connectivity index (χ0n) is 41.8. The summed E-state index contributed by atoms with van der Waals surface area (Å²) in [7, 11) is 13.0. The van der Waals surface area contributed by atoms with Gasteiger partial charge in [0.25, 0.3) is 0 Å². The standard InChI is InChI=1S/C60H72N6/c1-13-61(7)49-31-19-43(20-32-49)55-56(44-21-33-50(34-22-44)62(8)14-2)58(46-25-37-52(38-26-46)64(10)16-4)60(48-29-41-54(42-30-48)66(12)18-6)59(47-27-39-53(40-28-47)65(11)17-5)57(55)45-23-35-51(36-24-45)63(9)15-3/h19-42H,13-18H2,1-12H3. The molecule has 7 aromatic rings. The van der Waals surface area contributed by atoms with Gasteiger partial charge in [0, 0.05) is 116 Å². The Balaban J connectivity index is 1.76. The van der Waals surface area contributed by atoms with Crippen molar-refractivity contribution in [3.63, 3.8) is 0 Å². The van der Waals surface area contributed by atoms with Gasteiger partial charge >= 0.3 is 0 Å². The smallest absolute Gasteiger partial charge is 0.0363 e. The van der Waals surface area contributed by atoms with Crippen molar-refractivity contribution in [3.05, 3.63) is 146 Å². The van der Waals surface area contributed by atoms with Gasteiger partial charge in [0.15, 0.2) is 0 Å². The van der Waals surface area contributed by atoms with Gasteiger partial charge in [-0.2, -0.15) is 0 Å². The number of rotatable bonds is 18. The maximum absolute atomic E-state index is 2.35. The van der Waals surface area contributed by atoms with Crippen LogP contribution < -0.4 is 29.4 Å². The molecule has 0 amide bonds. The minimum Gasteiger partial charge on any atom is -0.375 e. The summed E-state index contributed by atoms with van der Waals surface area (Å²) in [4.78, 5) is 13.8. The van der Waals surface area contributed by atoms with Crippen LogP contribution in [0.2, 0.25) is 0 Å². The van der Waals surface area contributed by atoms with Gasteiger partial charge in [0.2, 0.25) is 0 Å². The topological polar surface area (TPSA) is 19.4 Å². The van der Waals surface area contributed by atoms with Crippen molar-refractivity contribution in [2.75, 3.05) is 111 Å². The lowest BCUT2D eigenvalue weighted by molar-refractivity contribution is 0.968. The molecule has 0 aromatic heterocycles. The predicted molar refractivity (Wildman–Crippen MR) is 293 cm³/mol. The minimum absolute atomic E-state index is 0.926. The summed E-state index contributed by atoms with van der Waals surface area (Å²) in [5.74, 6) is 0. The Morgan fingerprint density at radius 3 is 0.394 bits per heavy atom. The molecular weight excluding hydrogens is 805 g/mol. The molecule has 0 bridgehead atoms. The molecule has 7 aromatic carbocycles. The van der Waals surface area contributed by atoms with Crippen LogP contribution in [-0.2, 0) is 0 Å². The van der Waals surface area contributed by atoms with E-state index in [0.29, 0.717) is 0 Å². The second-order valence-electron chi connectivity index (χ2n) is 17.6. The van der Waals surface area contributed by atoms with Crippen LogP contribution in [-0.4, -0.2) is 81.6 Å². The molecule has 66 heavy (non-hydrogen) atoms. The highest BCUT2D eigenvalue weighted by Gasteiger charge is 2.30. The largest absolute Gasteiger partial charge is 0.375 e. The van der Waals surface area contributed by atoms with Crippen molar-refractivity contribution in [1.82, 2.24) is 0 Å². The van der Waals surface area contributed by atoms with Crippen LogP contribution in [0.25, 0.3) is 66.8 Å². The van der Waals surface area contributed by atoms with Crippen molar-refractivity contribution >= 4 is 34.1 Å². The van der Waals surface area contributed by atoms with Crippen LogP contribution in [0.15, 0.2) is 146 Å². The number of anilines is 6. The van der Waals surface area contributed by atoms with Crippen LogP contribution in [0.4, 0.5) is 34.1 Å². The molecule has 0 fully saturated rings. The Hall–Kier alpha value is -6.66. The van der Waals surface area contributed by atoms with E-state index < -0.39 is 0 Å². The van der Waals surface area contributed by atoms with Crippen molar-refractivity contribution in [3.8, 4) is 66.8 Å². The molecule has 6 heteroatoms. The fourth-order valence-electron chi connectivity index (χ4n) is 8.87. The zero-order valence-corrected chi connectivity index (χ0v) is 41.8. The van der Waals surface area contributed by atoms with E-state index in [-0.39, 0.29) is 0 Å². The zero-order chi connectivity index (χ0) is 47.1. The summed E-state index contributed by atoms with van der Waals surface area (Å²) in [6.07, 6.45) is 0.